The predicted octanol–water partition coefficient (Wildman–Crippen LogP) is 1.21. The first-order chi connectivity index (χ1) is 10.5. The van der Waals surface area contributed by atoms with Gasteiger partial charge in [-0.3, -0.25) is 30.3 Å². The van der Waals surface area contributed by atoms with Crippen molar-refractivity contribution in [3.05, 3.63) is 77.9 Å². The number of fused-ring (bicyclic) bond motifs is 1. The molecule has 0 aromatic heterocycles. The molecule has 10 nitrogen and oxygen atoms in total. The molecule has 1 aliphatic carbocycles. The van der Waals surface area contributed by atoms with Gasteiger partial charge in [-0.2, -0.15) is 0 Å². The number of hydrogen-bond acceptors (Lipinski definition) is 7. The lowest BCUT2D eigenvalue weighted by Gasteiger charge is -2.35. The molecule has 0 fully saturated rings. The maximum atomic E-state index is 11.4. The molecular formula is C13H13N3O7. The van der Waals surface area contributed by atoms with E-state index in [1.165, 1.54) is 31.2 Å². The highest BCUT2D eigenvalue weighted by Gasteiger charge is 2.83. The first-order valence-electron chi connectivity index (χ1n) is 6.48. The Hall–Kier alpha value is -2.88. The molecule has 2 rings (SSSR count). The molecule has 2 atom stereocenters. The summed E-state index contributed by atoms with van der Waals surface area (Å²) in [6.45, 7) is 2.43. The Balaban J connectivity index is 2.92. The summed E-state index contributed by atoms with van der Waals surface area (Å²) in [6, 6.07) is 5.69. The van der Waals surface area contributed by atoms with E-state index in [0.717, 1.165) is 19.1 Å². The molecule has 122 valence electrons. The van der Waals surface area contributed by atoms with Crippen LogP contribution in [-0.4, -0.2) is 25.7 Å². The Kier molecular flexibility index (Phi) is 3.45. The van der Waals surface area contributed by atoms with Crippen LogP contribution in [0.4, 0.5) is 0 Å². The Labute approximate surface area is 129 Å². The van der Waals surface area contributed by atoms with Gasteiger partial charge in [0.05, 0.1) is 0 Å². The molecule has 0 radical (unpaired) electrons. The fraction of sp³-hybridized carbons (Fsp3) is 0.385. The Bertz CT molecular complexity index is 707. The van der Waals surface area contributed by atoms with Gasteiger partial charge in [-0.25, -0.2) is 0 Å². The van der Waals surface area contributed by atoms with Crippen LogP contribution in [0.3, 0.4) is 0 Å². The third kappa shape index (κ3) is 1.91. The fourth-order valence-electron chi connectivity index (χ4n) is 2.95. The van der Waals surface area contributed by atoms with Crippen molar-refractivity contribution in [1.82, 2.24) is 0 Å². The summed E-state index contributed by atoms with van der Waals surface area (Å²) in [5.74, 6) is -3.71. The molecule has 1 N–H and O–H groups in total. The predicted molar refractivity (Wildman–Crippen MR) is 76.2 cm³/mol. The van der Waals surface area contributed by atoms with Gasteiger partial charge >= 0.3 is 5.79 Å². The molecule has 0 saturated heterocycles. The van der Waals surface area contributed by atoms with Crippen molar-refractivity contribution < 1.29 is 19.9 Å². The van der Waals surface area contributed by atoms with E-state index in [9.17, 15) is 35.4 Å². The highest BCUT2D eigenvalue weighted by atomic mass is 16.7. The Morgan fingerprint density at radius 2 is 1.35 bits per heavy atom. The van der Waals surface area contributed by atoms with Crippen LogP contribution in [0.2, 0.25) is 0 Å². The molecule has 1 aromatic carbocycles. The minimum atomic E-state index is -3.71. The Morgan fingerprint density at radius 3 is 1.78 bits per heavy atom. The molecule has 2 unspecified atom stereocenters. The minimum Gasteiger partial charge on any atom is -0.381 e. The van der Waals surface area contributed by atoms with E-state index < -0.39 is 31.6 Å². The first-order valence-corrected chi connectivity index (χ1v) is 6.48. The maximum absolute atomic E-state index is 11.4. The molecule has 0 bridgehead atoms. The average Bonchev–Trinajstić information content (AvgIpc) is 2.43. The van der Waals surface area contributed by atoms with Crippen LogP contribution in [0, 0.1) is 30.3 Å². The van der Waals surface area contributed by atoms with Crippen molar-refractivity contribution >= 4 is 0 Å². The normalized spacial score (nSPS) is 26.4. The maximum Gasteiger partial charge on any atom is 0.712 e. The number of nitrogens with zero attached hydrogens (tertiary/aromatic N) is 3. The average molecular weight is 323 g/mol. The van der Waals surface area contributed by atoms with E-state index in [1.54, 1.807) is 0 Å². The summed E-state index contributed by atoms with van der Waals surface area (Å²) < 4.78 is 0. The molecular weight excluding hydrogens is 310 g/mol. The summed E-state index contributed by atoms with van der Waals surface area (Å²) in [5, 5.41) is 44.6. The molecule has 0 aliphatic heterocycles. The monoisotopic (exact) mass is 323 g/mol. The highest BCUT2D eigenvalue weighted by Crippen LogP contribution is 2.47. The van der Waals surface area contributed by atoms with Gasteiger partial charge in [-0.15, -0.1) is 0 Å². The lowest BCUT2D eigenvalue weighted by atomic mass is 9.67. The van der Waals surface area contributed by atoms with E-state index in [-0.39, 0.29) is 11.1 Å². The van der Waals surface area contributed by atoms with Gasteiger partial charge in [0.25, 0.3) is 0 Å². The second kappa shape index (κ2) is 4.81. The molecule has 0 amide bonds. The van der Waals surface area contributed by atoms with Crippen molar-refractivity contribution in [2.24, 2.45) is 0 Å². The fourth-order valence-corrected chi connectivity index (χ4v) is 2.95. The molecule has 0 heterocycles. The molecule has 10 heteroatoms. The van der Waals surface area contributed by atoms with Crippen LogP contribution in [0.15, 0.2) is 36.4 Å². The van der Waals surface area contributed by atoms with Crippen LogP contribution >= 0.6 is 0 Å². The standard InChI is InChI=1S/C13H13N3O7/c1-11(13(14(18)19,15(20)21)16(22)23)7-8-12(2,17)10-6-4-3-5-9(10)11/h3-8,17H,1-2H3. The Morgan fingerprint density at radius 1 is 0.913 bits per heavy atom. The second-order valence-electron chi connectivity index (χ2n) is 5.64. The van der Waals surface area contributed by atoms with Gasteiger partial charge in [-0.1, -0.05) is 36.4 Å². The van der Waals surface area contributed by atoms with Crippen LogP contribution in [0.25, 0.3) is 0 Å². The second-order valence-corrected chi connectivity index (χ2v) is 5.64. The third-order valence-corrected chi connectivity index (χ3v) is 4.23. The summed E-state index contributed by atoms with van der Waals surface area (Å²) in [5.41, 5.74) is -3.65. The number of hydrogen-bond donors (Lipinski definition) is 1. The van der Waals surface area contributed by atoms with Crippen molar-refractivity contribution in [2.45, 2.75) is 30.7 Å². The molecule has 1 aliphatic rings. The molecule has 0 spiro atoms. The van der Waals surface area contributed by atoms with Gasteiger partial charge in [0, 0.05) is 0 Å². The van der Waals surface area contributed by atoms with Crippen LogP contribution in [-0.2, 0) is 11.0 Å². The van der Waals surface area contributed by atoms with Crippen LogP contribution in [0.1, 0.15) is 25.0 Å². The lowest BCUT2D eigenvalue weighted by molar-refractivity contribution is -0.978. The van der Waals surface area contributed by atoms with Gasteiger partial charge in [0.15, 0.2) is 14.8 Å². The third-order valence-electron chi connectivity index (χ3n) is 4.23. The molecule has 1 aromatic rings. The number of aliphatic hydroxyl groups is 1. The van der Waals surface area contributed by atoms with Crippen molar-refractivity contribution in [2.75, 3.05) is 0 Å². The van der Waals surface area contributed by atoms with E-state index in [0.29, 0.717) is 0 Å². The lowest BCUT2D eigenvalue weighted by Crippen LogP contribution is -2.66. The summed E-state index contributed by atoms with van der Waals surface area (Å²) in [6.07, 6.45) is 2.06. The van der Waals surface area contributed by atoms with E-state index in [2.05, 4.69) is 0 Å². The summed E-state index contributed by atoms with van der Waals surface area (Å²) >= 11 is 0. The quantitative estimate of drug-likeness (QED) is 0.378. The van der Waals surface area contributed by atoms with Crippen LogP contribution in [0.5, 0.6) is 0 Å². The van der Waals surface area contributed by atoms with Gasteiger partial charge in [0.1, 0.15) is 5.60 Å². The van der Waals surface area contributed by atoms with E-state index >= 15 is 0 Å². The van der Waals surface area contributed by atoms with Gasteiger partial charge in [0.2, 0.25) is 5.41 Å². The summed E-state index contributed by atoms with van der Waals surface area (Å²) in [4.78, 5) is 29.7. The van der Waals surface area contributed by atoms with Gasteiger partial charge < -0.3 is 5.11 Å². The first kappa shape index (κ1) is 16.5. The van der Waals surface area contributed by atoms with Crippen molar-refractivity contribution in [1.29, 1.82) is 0 Å². The SMILES string of the molecule is CC1(O)C=CC(C)(C([N+](=O)[O-])([N+](=O)[O-])[N+](=O)[O-])c2ccccc21. The number of benzene rings is 1. The van der Waals surface area contributed by atoms with E-state index in [4.69, 9.17) is 0 Å². The van der Waals surface area contributed by atoms with Gasteiger partial charge in [-0.05, 0) is 25.0 Å². The van der Waals surface area contributed by atoms with Crippen molar-refractivity contribution in [3.63, 3.8) is 0 Å². The zero-order valence-electron chi connectivity index (χ0n) is 12.2. The largest absolute Gasteiger partial charge is 0.712 e. The minimum absolute atomic E-state index is 0.0439. The number of rotatable bonds is 4. The zero-order chi connectivity index (χ0) is 17.6. The van der Waals surface area contributed by atoms with E-state index in [1.807, 2.05) is 0 Å². The van der Waals surface area contributed by atoms with Crippen molar-refractivity contribution in [3.8, 4) is 0 Å². The van der Waals surface area contributed by atoms with Crippen LogP contribution < -0.4 is 0 Å². The molecule has 23 heavy (non-hydrogen) atoms. The summed E-state index contributed by atoms with van der Waals surface area (Å²) in [7, 11) is 0. The zero-order valence-corrected chi connectivity index (χ0v) is 12.2. The topological polar surface area (TPSA) is 150 Å². The molecule has 0 saturated carbocycles. The smallest absolute Gasteiger partial charge is 0.381 e. The highest BCUT2D eigenvalue weighted by molar-refractivity contribution is 5.47. The number of nitro groups is 3.